The van der Waals surface area contributed by atoms with Crippen LogP contribution in [0.3, 0.4) is 0 Å². The van der Waals surface area contributed by atoms with Crippen molar-refractivity contribution in [1.29, 1.82) is 0 Å². The van der Waals surface area contributed by atoms with Gasteiger partial charge in [-0.1, -0.05) is 11.6 Å². The molecule has 0 atom stereocenters. The summed E-state index contributed by atoms with van der Waals surface area (Å²) in [6.45, 7) is 0.695. The quantitative estimate of drug-likeness (QED) is 0.916. The third kappa shape index (κ3) is 3.28. The molecule has 0 radical (unpaired) electrons. The van der Waals surface area contributed by atoms with Crippen molar-refractivity contribution >= 4 is 33.4 Å². The lowest BCUT2D eigenvalue weighted by atomic mass is 10.2. The molecule has 1 aliphatic heterocycles. The molecule has 112 valence electrons. The van der Waals surface area contributed by atoms with Crippen molar-refractivity contribution in [2.24, 2.45) is 5.73 Å². The standard InChI is InChI=1S/C12H16ClFN2O2S2/c13-10-6-9(8-15)12(14)11(7-10)20(17,18)16-2-1-4-19-5-3-16/h6-7H,1-5,8,15H2. The highest BCUT2D eigenvalue weighted by Crippen LogP contribution is 2.27. The van der Waals surface area contributed by atoms with E-state index in [1.165, 1.54) is 10.4 Å². The molecule has 20 heavy (non-hydrogen) atoms. The Balaban J connectivity index is 2.45. The van der Waals surface area contributed by atoms with Crippen molar-refractivity contribution in [3.05, 3.63) is 28.5 Å². The topological polar surface area (TPSA) is 63.4 Å². The monoisotopic (exact) mass is 338 g/mol. The molecule has 2 N–H and O–H groups in total. The van der Waals surface area contributed by atoms with Gasteiger partial charge in [0, 0.05) is 36.0 Å². The van der Waals surface area contributed by atoms with Crippen LogP contribution in [0.4, 0.5) is 4.39 Å². The Labute approximate surface area is 127 Å². The fourth-order valence-electron chi connectivity index (χ4n) is 2.06. The average Bonchev–Trinajstić information content (AvgIpc) is 2.70. The second kappa shape index (κ2) is 6.62. The molecule has 0 saturated carbocycles. The van der Waals surface area contributed by atoms with Crippen molar-refractivity contribution in [1.82, 2.24) is 4.31 Å². The normalized spacial score (nSPS) is 17.9. The first-order valence-corrected chi connectivity index (χ1v) is 9.20. The molecule has 0 spiro atoms. The number of nitrogens with two attached hydrogens (primary N) is 1. The molecule has 1 heterocycles. The molecule has 0 bridgehead atoms. The maximum atomic E-state index is 14.3. The largest absolute Gasteiger partial charge is 0.326 e. The zero-order chi connectivity index (χ0) is 14.8. The molecule has 0 amide bonds. The molecule has 1 aliphatic rings. The van der Waals surface area contributed by atoms with E-state index < -0.39 is 15.8 Å². The van der Waals surface area contributed by atoms with Crippen LogP contribution in [0.1, 0.15) is 12.0 Å². The lowest BCUT2D eigenvalue weighted by molar-refractivity contribution is 0.429. The smallest absolute Gasteiger partial charge is 0.246 e. The van der Waals surface area contributed by atoms with Gasteiger partial charge >= 0.3 is 0 Å². The zero-order valence-electron chi connectivity index (χ0n) is 10.8. The van der Waals surface area contributed by atoms with E-state index in [1.807, 2.05) is 0 Å². The second-order valence-electron chi connectivity index (χ2n) is 4.45. The maximum absolute atomic E-state index is 14.3. The van der Waals surface area contributed by atoms with Gasteiger partial charge in [0.05, 0.1) is 0 Å². The third-order valence-electron chi connectivity index (χ3n) is 3.10. The van der Waals surface area contributed by atoms with Gasteiger partial charge in [-0.15, -0.1) is 0 Å². The molecule has 0 unspecified atom stereocenters. The van der Waals surface area contributed by atoms with Gasteiger partial charge in [-0.25, -0.2) is 12.8 Å². The summed E-state index contributed by atoms with van der Waals surface area (Å²) in [4.78, 5) is -0.377. The number of nitrogens with zero attached hydrogens (tertiary/aromatic N) is 1. The molecule has 8 heteroatoms. The highest BCUT2D eigenvalue weighted by atomic mass is 35.5. The number of sulfonamides is 1. The predicted octanol–water partition coefficient (Wildman–Crippen LogP) is 2.07. The summed E-state index contributed by atoms with van der Waals surface area (Å²) >= 11 is 7.57. The zero-order valence-corrected chi connectivity index (χ0v) is 13.2. The molecule has 0 aliphatic carbocycles. The molecule has 0 aromatic heterocycles. The summed E-state index contributed by atoms with van der Waals surface area (Å²) in [6, 6.07) is 2.51. The number of benzene rings is 1. The van der Waals surface area contributed by atoms with Gasteiger partial charge in [0.25, 0.3) is 0 Å². The lowest BCUT2D eigenvalue weighted by Gasteiger charge is -2.20. The van der Waals surface area contributed by atoms with Gasteiger partial charge < -0.3 is 5.73 Å². The number of thioether (sulfide) groups is 1. The van der Waals surface area contributed by atoms with Crippen molar-refractivity contribution in [2.75, 3.05) is 24.6 Å². The van der Waals surface area contributed by atoms with E-state index >= 15 is 0 Å². The number of rotatable bonds is 3. The van der Waals surface area contributed by atoms with Gasteiger partial charge in [-0.2, -0.15) is 16.1 Å². The minimum Gasteiger partial charge on any atom is -0.326 e. The summed E-state index contributed by atoms with van der Waals surface area (Å²) < 4.78 is 40.7. The first kappa shape index (κ1) is 16.0. The molecular formula is C12H16ClFN2O2S2. The lowest BCUT2D eigenvalue weighted by Crippen LogP contribution is -2.33. The van der Waals surface area contributed by atoms with Crippen LogP contribution in [-0.4, -0.2) is 37.3 Å². The second-order valence-corrected chi connectivity index (χ2v) is 8.02. The summed E-state index contributed by atoms with van der Waals surface area (Å²) in [7, 11) is -3.87. The minimum atomic E-state index is -3.87. The first-order valence-electron chi connectivity index (χ1n) is 6.22. The summed E-state index contributed by atoms with van der Waals surface area (Å²) in [5.41, 5.74) is 5.54. The molecule has 1 fully saturated rings. The highest BCUT2D eigenvalue weighted by Gasteiger charge is 2.29. The van der Waals surface area contributed by atoms with Crippen LogP contribution >= 0.6 is 23.4 Å². The van der Waals surface area contributed by atoms with E-state index in [2.05, 4.69) is 0 Å². The van der Waals surface area contributed by atoms with Crippen molar-refractivity contribution < 1.29 is 12.8 Å². The number of halogens is 2. The van der Waals surface area contributed by atoms with Crippen molar-refractivity contribution in [2.45, 2.75) is 17.9 Å². The van der Waals surface area contributed by atoms with Crippen LogP contribution in [0.25, 0.3) is 0 Å². The SMILES string of the molecule is NCc1cc(Cl)cc(S(=O)(=O)N2CCCSCC2)c1F. The first-order chi connectivity index (χ1) is 9.46. The van der Waals surface area contributed by atoms with Crippen LogP contribution in [0.15, 0.2) is 17.0 Å². The highest BCUT2D eigenvalue weighted by molar-refractivity contribution is 7.99. The molecular weight excluding hydrogens is 323 g/mol. The Morgan fingerprint density at radius 3 is 2.80 bits per heavy atom. The fourth-order valence-corrected chi connectivity index (χ4v) is 4.98. The van der Waals surface area contributed by atoms with Crippen LogP contribution in [0.5, 0.6) is 0 Å². The Morgan fingerprint density at radius 2 is 2.10 bits per heavy atom. The van der Waals surface area contributed by atoms with Crippen molar-refractivity contribution in [3.8, 4) is 0 Å². The maximum Gasteiger partial charge on any atom is 0.246 e. The van der Waals surface area contributed by atoms with Crippen LogP contribution < -0.4 is 5.73 Å². The van der Waals surface area contributed by atoms with Gasteiger partial charge in [0.1, 0.15) is 10.7 Å². The van der Waals surface area contributed by atoms with Crippen LogP contribution in [0.2, 0.25) is 5.02 Å². The van der Waals surface area contributed by atoms with Crippen LogP contribution in [0, 0.1) is 5.82 Å². The van der Waals surface area contributed by atoms with E-state index in [4.69, 9.17) is 17.3 Å². The summed E-state index contributed by atoms with van der Waals surface area (Å²) in [5, 5.41) is 0.176. The number of hydrogen-bond acceptors (Lipinski definition) is 4. The van der Waals surface area contributed by atoms with Crippen molar-refractivity contribution in [3.63, 3.8) is 0 Å². The Morgan fingerprint density at radius 1 is 1.35 bits per heavy atom. The predicted molar refractivity (Wildman–Crippen MR) is 80.0 cm³/mol. The summed E-state index contributed by atoms with van der Waals surface area (Å²) in [6.07, 6.45) is 0.760. The third-order valence-corrected chi connectivity index (χ3v) is 6.26. The van der Waals surface area contributed by atoms with E-state index in [-0.39, 0.29) is 22.0 Å². The van der Waals surface area contributed by atoms with Gasteiger partial charge in [-0.3, -0.25) is 0 Å². The minimum absolute atomic E-state index is 0.0925. The van der Waals surface area contributed by atoms with E-state index in [0.29, 0.717) is 18.8 Å². The van der Waals surface area contributed by atoms with E-state index in [1.54, 1.807) is 11.8 Å². The average molecular weight is 339 g/mol. The van der Waals surface area contributed by atoms with Gasteiger partial charge in [-0.05, 0) is 24.3 Å². The van der Waals surface area contributed by atoms with E-state index in [0.717, 1.165) is 18.2 Å². The Kier molecular flexibility index (Phi) is 5.30. The number of hydrogen-bond donors (Lipinski definition) is 1. The molecule has 2 rings (SSSR count). The molecule has 1 saturated heterocycles. The molecule has 1 aromatic rings. The molecule has 4 nitrogen and oxygen atoms in total. The van der Waals surface area contributed by atoms with Gasteiger partial charge in [0.15, 0.2) is 0 Å². The van der Waals surface area contributed by atoms with Crippen LogP contribution in [-0.2, 0) is 16.6 Å². The Hall–Kier alpha value is -0.340. The Bertz CT molecular complexity index is 587. The van der Waals surface area contributed by atoms with Gasteiger partial charge in [0.2, 0.25) is 10.0 Å². The summed E-state index contributed by atoms with van der Waals surface area (Å²) in [5.74, 6) is 0.831. The molecule has 1 aromatic carbocycles. The van der Waals surface area contributed by atoms with E-state index in [9.17, 15) is 12.8 Å². The fraction of sp³-hybridized carbons (Fsp3) is 0.500.